The Balaban J connectivity index is 2.49. The average molecular weight is 523 g/mol. The molecule has 1 aliphatic carbocycles. The predicted octanol–water partition coefficient (Wildman–Crippen LogP) is 8.01. The van der Waals surface area contributed by atoms with Gasteiger partial charge in [-0.05, 0) is 32.1 Å². The van der Waals surface area contributed by atoms with E-state index in [1.54, 1.807) is 0 Å². The number of carbonyl (C=O) groups is 3. The van der Waals surface area contributed by atoms with Crippen molar-refractivity contribution in [3.05, 3.63) is 12.7 Å². The molecule has 214 valence electrons. The number of ether oxygens (including phenoxy) is 3. The van der Waals surface area contributed by atoms with E-state index in [1.165, 1.54) is 51.4 Å². The van der Waals surface area contributed by atoms with Gasteiger partial charge in [0.2, 0.25) is 5.60 Å². The van der Waals surface area contributed by atoms with E-state index in [2.05, 4.69) is 20.4 Å². The van der Waals surface area contributed by atoms with Crippen molar-refractivity contribution in [2.75, 3.05) is 13.2 Å². The standard InChI is InChI=1S/C31H54O6/c1-4-7-9-11-12-13-14-15-16-18-21-25-35-29(33)27-23-19-20-24-31(27,37-28(32)6-3)30(34)36-26-22-17-10-8-5-2/h6,27H,3-5,7-26H2,1-2H3. The van der Waals surface area contributed by atoms with E-state index >= 15 is 0 Å². The summed E-state index contributed by atoms with van der Waals surface area (Å²) >= 11 is 0. The zero-order chi connectivity index (χ0) is 27.2. The van der Waals surface area contributed by atoms with Crippen LogP contribution in [0.25, 0.3) is 0 Å². The summed E-state index contributed by atoms with van der Waals surface area (Å²) in [7, 11) is 0. The summed E-state index contributed by atoms with van der Waals surface area (Å²) in [5.74, 6) is -2.66. The minimum Gasteiger partial charge on any atom is -0.465 e. The molecular formula is C31H54O6. The molecule has 1 aliphatic rings. The highest BCUT2D eigenvalue weighted by atomic mass is 16.6. The van der Waals surface area contributed by atoms with Gasteiger partial charge in [-0.15, -0.1) is 0 Å². The molecule has 0 aromatic carbocycles. The largest absolute Gasteiger partial charge is 0.465 e. The summed E-state index contributed by atoms with van der Waals surface area (Å²) in [6.07, 6.45) is 21.7. The number of unbranched alkanes of at least 4 members (excludes halogenated alkanes) is 14. The van der Waals surface area contributed by atoms with Gasteiger partial charge in [0.15, 0.2) is 0 Å². The van der Waals surface area contributed by atoms with Crippen molar-refractivity contribution < 1.29 is 28.6 Å². The number of hydrogen-bond acceptors (Lipinski definition) is 6. The molecule has 0 radical (unpaired) electrons. The molecule has 1 fully saturated rings. The maximum atomic E-state index is 13.2. The zero-order valence-electron chi connectivity index (χ0n) is 23.9. The van der Waals surface area contributed by atoms with Gasteiger partial charge >= 0.3 is 17.9 Å². The Morgan fingerprint density at radius 3 is 1.73 bits per heavy atom. The first kappa shape index (κ1) is 33.2. The van der Waals surface area contributed by atoms with Crippen LogP contribution < -0.4 is 0 Å². The minimum absolute atomic E-state index is 0.260. The maximum absolute atomic E-state index is 13.2. The summed E-state index contributed by atoms with van der Waals surface area (Å²) in [4.78, 5) is 38.5. The highest BCUT2D eigenvalue weighted by Crippen LogP contribution is 2.39. The molecule has 6 heteroatoms. The Labute approximate surface area is 226 Å². The molecule has 0 aromatic heterocycles. The van der Waals surface area contributed by atoms with Crippen LogP contribution in [0, 0.1) is 5.92 Å². The fourth-order valence-corrected chi connectivity index (χ4v) is 5.11. The molecule has 0 saturated heterocycles. The molecule has 2 atom stereocenters. The van der Waals surface area contributed by atoms with Crippen molar-refractivity contribution in [3.8, 4) is 0 Å². The topological polar surface area (TPSA) is 78.9 Å². The Morgan fingerprint density at radius 2 is 1.22 bits per heavy atom. The molecule has 0 amide bonds. The van der Waals surface area contributed by atoms with E-state index in [0.29, 0.717) is 19.4 Å². The molecule has 2 unspecified atom stereocenters. The van der Waals surface area contributed by atoms with Crippen LogP contribution in [0.5, 0.6) is 0 Å². The third-order valence-corrected chi connectivity index (χ3v) is 7.41. The lowest BCUT2D eigenvalue weighted by Crippen LogP contribution is -2.55. The fourth-order valence-electron chi connectivity index (χ4n) is 5.11. The molecule has 0 heterocycles. The molecule has 1 rings (SSSR count). The van der Waals surface area contributed by atoms with Crippen LogP contribution in [0.4, 0.5) is 0 Å². The summed E-state index contributed by atoms with van der Waals surface area (Å²) in [5.41, 5.74) is -1.62. The minimum atomic E-state index is -1.62. The number of hydrogen-bond donors (Lipinski definition) is 0. The van der Waals surface area contributed by atoms with E-state index in [0.717, 1.165) is 63.9 Å². The van der Waals surface area contributed by atoms with Crippen LogP contribution in [-0.4, -0.2) is 36.7 Å². The monoisotopic (exact) mass is 522 g/mol. The van der Waals surface area contributed by atoms with Gasteiger partial charge in [0.05, 0.1) is 13.2 Å². The second-order valence-electron chi connectivity index (χ2n) is 10.6. The quantitative estimate of drug-likeness (QED) is 0.0620. The molecule has 0 spiro atoms. The lowest BCUT2D eigenvalue weighted by molar-refractivity contribution is -0.198. The molecule has 1 saturated carbocycles. The highest BCUT2D eigenvalue weighted by molar-refractivity contribution is 5.92. The fraction of sp³-hybridized carbons (Fsp3) is 0.839. The van der Waals surface area contributed by atoms with Crippen LogP contribution in [0.1, 0.15) is 142 Å². The Morgan fingerprint density at radius 1 is 0.730 bits per heavy atom. The Kier molecular flexibility index (Phi) is 18.9. The van der Waals surface area contributed by atoms with E-state index in [-0.39, 0.29) is 13.0 Å². The van der Waals surface area contributed by atoms with Crippen molar-refractivity contribution in [1.29, 1.82) is 0 Å². The van der Waals surface area contributed by atoms with Gasteiger partial charge in [-0.2, -0.15) is 0 Å². The molecule has 0 bridgehead atoms. The van der Waals surface area contributed by atoms with E-state index in [4.69, 9.17) is 14.2 Å². The summed E-state index contributed by atoms with van der Waals surface area (Å²) in [5, 5.41) is 0. The van der Waals surface area contributed by atoms with E-state index in [9.17, 15) is 14.4 Å². The first-order valence-electron chi connectivity index (χ1n) is 15.2. The van der Waals surface area contributed by atoms with E-state index < -0.39 is 29.4 Å². The van der Waals surface area contributed by atoms with Crippen LogP contribution in [-0.2, 0) is 28.6 Å². The van der Waals surface area contributed by atoms with Gasteiger partial charge in [0.1, 0.15) is 5.92 Å². The summed E-state index contributed by atoms with van der Waals surface area (Å²) in [6.45, 7) is 8.44. The van der Waals surface area contributed by atoms with Crippen molar-refractivity contribution >= 4 is 17.9 Å². The van der Waals surface area contributed by atoms with Gasteiger partial charge in [-0.3, -0.25) is 4.79 Å². The third kappa shape index (κ3) is 13.5. The third-order valence-electron chi connectivity index (χ3n) is 7.41. The van der Waals surface area contributed by atoms with Crippen molar-refractivity contribution in [2.45, 2.75) is 148 Å². The van der Waals surface area contributed by atoms with Gasteiger partial charge in [0, 0.05) is 6.08 Å². The number of rotatable bonds is 22. The molecule has 0 aliphatic heterocycles. The van der Waals surface area contributed by atoms with Crippen LogP contribution in [0.2, 0.25) is 0 Å². The predicted molar refractivity (Wildman–Crippen MR) is 148 cm³/mol. The van der Waals surface area contributed by atoms with Gasteiger partial charge in [-0.1, -0.05) is 117 Å². The smallest absolute Gasteiger partial charge is 0.351 e. The SMILES string of the molecule is C=CC(=O)OC1(C(=O)OCCCCCCC)CCCCC1C(=O)OCCCCCCCCCCCCC. The average Bonchev–Trinajstić information content (AvgIpc) is 2.91. The lowest BCUT2D eigenvalue weighted by Gasteiger charge is -2.39. The molecule has 37 heavy (non-hydrogen) atoms. The molecule has 0 N–H and O–H groups in total. The van der Waals surface area contributed by atoms with Crippen molar-refractivity contribution in [3.63, 3.8) is 0 Å². The normalized spacial score (nSPS) is 19.2. The summed E-state index contributed by atoms with van der Waals surface area (Å²) < 4.78 is 16.7. The molecular weight excluding hydrogens is 468 g/mol. The van der Waals surface area contributed by atoms with Gasteiger partial charge in [0.25, 0.3) is 0 Å². The van der Waals surface area contributed by atoms with Gasteiger partial charge in [-0.25, -0.2) is 9.59 Å². The van der Waals surface area contributed by atoms with E-state index in [1.807, 2.05) is 0 Å². The summed E-state index contributed by atoms with van der Waals surface area (Å²) in [6, 6.07) is 0. The lowest BCUT2D eigenvalue weighted by atomic mass is 9.75. The highest BCUT2D eigenvalue weighted by Gasteiger charge is 2.55. The van der Waals surface area contributed by atoms with Crippen LogP contribution in [0.3, 0.4) is 0 Å². The second kappa shape index (κ2) is 21.1. The second-order valence-corrected chi connectivity index (χ2v) is 10.6. The Hall–Kier alpha value is -1.85. The first-order valence-corrected chi connectivity index (χ1v) is 15.2. The number of esters is 3. The maximum Gasteiger partial charge on any atom is 0.351 e. The van der Waals surface area contributed by atoms with Crippen molar-refractivity contribution in [2.24, 2.45) is 5.92 Å². The zero-order valence-corrected chi connectivity index (χ0v) is 23.9. The van der Waals surface area contributed by atoms with Crippen molar-refractivity contribution in [1.82, 2.24) is 0 Å². The Bertz CT molecular complexity index is 646. The number of carbonyl (C=O) groups excluding carboxylic acids is 3. The van der Waals surface area contributed by atoms with Crippen LogP contribution in [0.15, 0.2) is 12.7 Å². The molecule has 6 nitrogen and oxygen atoms in total. The van der Waals surface area contributed by atoms with Crippen LogP contribution >= 0.6 is 0 Å². The molecule has 0 aromatic rings. The van der Waals surface area contributed by atoms with Gasteiger partial charge < -0.3 is 14.2 Å². The first-order chi connectivity index (χ1) is 18.0.